The number of para-hydroxylation sites is 2. The zero-order valence-electron chi connectivity index (χ0n) is 12.5. The first kappa shape index (κ1) is 13.7. The van der Waals surface area contributed by atoms with E-state index in [-0.39, 0.29) is 0 Å². The Labute approximate surface area is 125 Å². The van der Waals surface area contributed by atoms with Crippen LogP contribution in [0.4, 0.5) is 11.4 Å². The summed E-state index contributed by atoms with van der Waals surface area (Å²) in [5, 5.41) is 3.60. The number of nitrogens with one attached hydrogen (secondary N) is 1. The van der Waals surface area contributed by atoms with Crippen molar-refractivity contribution >= 4 is 11.4 Å². The second-order valence-electron chi connectivity index (χ2n) is 5.43. The number of anilines is 2. The lowest BCUT2D eigenvalue weighted by Crippen LogP contribution is -2.26. The molecule has 0 saturated carbocycles. The van der Waals surface area contributed by atoms with Gasteiger partial charge in [0.15, 0.2) is 0 Å². The SMILES string of the molecule is COc1ccccc1N1CCC(Nc2ccnc(C)c2)C1. The molecule has 0 spiro atoms. The van der Waals surface area contributed by atoms with Crippen molar-refractivity contribution < 1.29 is 4.74 Å². The molecule has 110 valence electrons. The maximum absolute atomic E-state index is 5.46. The molecule has 0 aliphatic carbocycles. The van der Waals surface area contributed by atoms with E-state index in [4.69, 9.17) is 4.74 Å². The van der Waals surface area contributed by atoms with Gasteiger partial charge in [-0.05, 0) is 37.6 Å². The fourth-order valence-corrected chi connectivity index (χ4v) is 2.86. The van der Waals surface area contributed by atoms with Crippen LogP contribution >= 0.6 is 0 Å². The molecule has 0 amide bonds. The van der Waals surface area contributed by atoms with Gasteiger partial charge in [-0.3, -0.25) is 4.98 Å². The van der Waals surface area contributed by atoms with E-state index < -0.39 is 0 Å². The first-order valence-corrected chi connectivity index (χ1v) is 7.33. The van der Waals surface area contributed by atoms with E-state index in [1.807, 2.05) is 31.3 Å². The molecule has 1 unspecified atom stereocenters. The largest absolute Gasteiger partial charge is 0.495 e. The van der Waals surface area contributed by atoms with Crippen molar-refractivity contribution in [2.75, 3.05) is 30.4 Å². The van der Waals surface area contributed by atoms with Crippen LogP contribution in [0.3, 0.4) is 0 Å². The maximum atomic E-state index is 5.46. The standard InChI is InChI=1S/C17H21N3O/c1-13-11-14(7-9-18-13)19-15-8-10-20(12-15)16-5-3-4-6-17(16)21-2/h3-7,9,11,15H,8,10,12H2,1-2H3,(H,18,19). The van der Waals surface area contributed by atoms with Gasteiger partial charge in [-0.1, -0.05) is 12.1 Å². The van der Waals surface area contributed by atoms with E-state index in [0.717, 1.165) is 36.6 Å². The van der Waals surface area contributed by atoms with Crippen LogP contribution in [0.5, 0.6) is 5.75 Å². The third-order valence-corrected chi connectivity index (χ3v) is 3.88. The average Bonchev–Trinajstić information content (AvgIpc) is 2.95. The van der Waals surface area contributed by atoms with Gasteiger partial charge in [0.05, 0.1) is 12.8 Å². The van der Waals surface area contributed by atoms with Crippen LogP contribution in [0.25, 0.3) is 0 Å². The third kappa shape index (κ3) is 3.10. The predicted octanol–water partition coefficient (Wildman–Crippen LogP) is 3.09. The fourth-order valence-electron chi connectivity index (χ4n) is 2.86. The van der Waals surface area contributed by atoms with Crippen LogP contribution in [0.1, 0.15) is 12.1 Å². The highest BCUT2D eigenvalue weighted by molar-refractivity contribution is 5.59. The molecule has 4 heteroatoms. The van der Waals surface area contributed by atoms with Crippen LogP contribution in [0.15, 0.2) is 42.6 Å². The maximum Gasteiger partial charge on any atom is 0.142 e. The van der Waals surface area contributed by atoms with Gasteiger partial charge in [0.2, 0.25) is 0 Å². The molecule has 3 rings (SSSR count). The molecule has 0 radical (unpaired) electrons. The second kappa shape index (κ2) is 6.04. The van der Waals surface area contributed by atoms with E-state index in [1.165, 1.54) is 5.69 Å². The first-order valence-electron chi connectivity index (χ1n) is 7.33. The predicted molar refractivity (Wildman–Crippen MR) is 86.2 cm³/mol. The highest BCUT2D eigenvalue weighted by Crippen LogP contribution is 2.30. The normalized spacial score (nSPS) is 17.8. The number of rotatable bonds is 4. The van der Waals surface area contributed by atoms with Gasteiger partial charge in [0.1, 0.15) is 5.75 Å². The number of aryl methyl sites for hydroxylation is 1. The van der Waals surface area contributed by atoms with Crippen molar-refractivity contribution in [3.63, 3.8) is 0 Å². The van der Waals surface area contributed by atoms with Crippen molar-refractivity contribution in [2.24, 2.45) is 0 Å². The van der Waals surface area contributed by atoms with Gasteiger partial charge in [-0.25, -0.2) is 0 Å². The van der Waals surface area contributed by atoms with Gasteiger partial charge in [0.25, 0.3) is 0 Å². The van der Waals surface area contributed by atoms with Crippen LogP contribution in [-0.2, 0) is 0 Å². The summed E-state index contributed by atoms with van der Waals surface area (Å²) >= 11 is 0. The lowest BCUT2D eigenvalue weighted by atomic mass is 10.2. The zero-order valence-corrected chi connectivity index (χ0v) is 12.5. The number of nitrogens with zero attached hydrogens (tertiary/aromatic N) is 2. The number of benzene rings is 1. The fraction of sp³-hybridized carbons (Fsp3) is 0.353. The van der Waals surface area contributed by atoms with Crippen molar-refractivity contribution in [3.05, 3.63) is 48.3 Å². The van der Waals surface area contributed by atoms with Gasteiger partial charge in [0, 0.05) is 36.7 Å². The molecule has 1 fully saturated rings. The summed E-state index contributed by atoms with van der Waals surface area (Å²) in [6.07, 6.45) is 2.98. The summed E-state index contributed by atoms with van der Waals surface area (Å²) < 4.78 is 5.46. The quantitative estimate of drug-likeness (QED) is 0.935. The molecule has 4 nitrogen and oxygen atoms in total. The van der Waals surface area contributed by atoms with E-state index in [2.05, 4.69) is 33.4 Å². The Bertz CT molecular complexity index is 614. The third-order valence-electron chi connectivity index (χ3n) is 3.88. The highest BCUT2D eigenvalue weighted by atomic mass is 16.5. The lowest BCUT2D eigenvalue weighted by molar-refractivity contribution is 0.415. The Kier molecular flexibility index (Phi) is 3.95. The van der Waals surface area contributed by atoms with Gasteiger partial charge in [-0.15, -0.1) is 0 Å². The molecule has 21 heavy (non-hydrogen) atoms. The molecule has 1 aliphatic heterocycles. The number of hydrogen-bond donors (Lipinski definition) is 1. The molecule has 0 bridgehead atoms. The Hall–Kier alpha value is -2.23. The van der Waals surface area contributed by atoms with Gasteiger partial charge in [-0.2, -0.15) is 0 Å². The highest BCUT2D eigenvalue weighted by Gasteiger charge is 2.24. The van der Waals surface area contributed by atoms with Crippen molar-refractivity contribution in [1.82, 2.24) is 4.98 Å². The average molecular weight is 283 g/mol. The monoisotopic (exact) mass is 283 g/mol. The summed E-state index contributed by atoms with van der Waals surface area (Å²) in [6.45, 7) is 4.05. The van der Waals surface area contributed by atoms with Crippen LogP contribution in [0, 0.1) is 6.92 Å². The molecular formula is C17H21N3O. The van der Waals surface area contributed by atoms with Crippen molar-refractivity contribution in [3.8, 4) is 5.75 Å². The molecule has 2 heterocycles. The number of methoxy groups -OCH3 is 1. The molecule has 1 atom stereocenters. The molecule has 2 aromatic rings. The van der Waals surface area contributed by atoms with Crippen LogP contribution in [0.2, 0.25) is 0 Å². The molecular weight excluding hydrogens is 262 g/mol. The van der Waals surface area contributed by atoms with Gasteiger partial charge < -0.3 is 15.0 Å². The van der Waals surface area contributed by atoms with Crippen LogP contribution < -0.4 is 15.0 Å². The minimum atomic E-state index is 0.455. The summed E-state index contributed by atoms with van der Waals surface area (Å²) in [7, 11) is 1.73. The Morgan fingerprint density at radius 2 is 2.14 bits per heavy atom. The smallest absolute Gasteiger partial charge is 0.142 e. The second-order valence-corrected chi connectivity index (χ2v) is 5.43. The lowest BCUT2D eigenvalue weighted by Gasteiger charge is -2.21. The van der Waals surface area contributed by atoms with Crippen molar-refractivity contribution in [1.29, 1.82) is 0 Å². The van der Waals surface area contributed by atoms with E-state index >= 15 is 0 Å². The Balaban J connectivity index is 1.68. The summed E-state index contributed by atoms with van der Waals surface area (Å²) in [5.74, 6) is 0.943. The summed E-state index contributed by atoms with van der Waals surface area (Å²) in [5.41, 5.74) is 3.36. The van der Waals surface area contributed by atoms with Crippen LogP contribution in [-0.4, -0.2) is 31.2 Å². The Morgan fingerprint density at radius 1 is 1.29 bits per heavy atom. The molecule has 1 aliphatic rings. The zero-order chi connectivity index (χ0) is 14.7. The van der Waals surface area contributed by atoms with E-state index in [1.54, 1.807) is 7.11 Å². The number of ether oxygens (including phenoxy) is 1. The molecule has 1 N–H and O–H groups in total. The summed E-state index contributed by atoms with van der Waals surface area (Å²) in [4.78, 5) is 6.61. The Morgan fingerprint density at radius 3 is 2.95 bits per heavy atom. The first-order chi connectivity index (χ1) is 10.3. The topological polar surface area (TPSA) is 37.4 Å². The molecule has 1 aromatic carbocycles. The molecule has 1 aromatic heterocycles. The number of hydrogen-bond acceptors (Lipinski definition) is 4. The molecule has 1 saturated heterocycles. The minimum Gasteiger partial charge on any atom is -0.495 e. The minimum absolute atomic E-state index is 0.455. The number of aromatic nitrogens is 1. The van der Waals surface area contributed by atoms with E-state index in [9.17, 15) is 0 Å². The number of pyridine rings is 1. The summed E-state index contributed by atoms with van der Waals surface area (Å²) in [6, 6.07) is 12.8. The van der Waals surface area contributed by atoms with E-state index in [0.29, 0.717) is 6.04 Å². The van der Waals surface area contributed by atoms with Crippen molar-refractivity contribution in [2.45, 2.75) is 19.4 Å². The van der Waals surface area contributed by atoms with Gasteiger partial charge >= 0.3 is 0 Å².